The van der Waals surface area contributed by atoms with Crippen molar-refractivity contribution in [3.8, 4) is 0 Å². The molecule has 0 bridgehead atoms. The van der Waals surface area contributed by atoms with Crippen LogP contribution in [-0.4, -0.2) is 47.5 Å². The van der Waals surface area contributed by atoms with Crippen molar-refractivity contribution in [3.63, 3.8) is 0 Å². The van der Waals surface area contributed by atoms with Gasteiger partial charge in [-0.1, -0.05) is 30.3 Å². The van der Waals surface area contributed by atoms with Crippen molar-refractivity contribution in [2.75, 3.05) is 19.7 Å². The lowest BCUT2D eigenvalue weighted by Crippen LogP contribution is -2.59. The first-order valence-corrected chi connectivity index (χ1v) is 8.51. The summed E-state index contributed by atoms with van der Waals surface area (Å²) in [6.07, 6.45) is 3.49. The van der Waals surface area contributed by atoms with Crippen LogP contribution in [0.4, 0.5) is 4.79 Å². The van der Waals surface area contributed by atoms with Gasteiger partial charge in [-0.3, -0.25) is 9.69 Å². The molecule has 0 aliphatic carbocycles. The molecule has 0 radical (unpaired) electrons. The van der Waals surface area contributed by atoms with E-state index in [1.54, 1.807) is 11.0 Å². The van der Waals surface area contributed by atoms with E-state index in [9.17, 15) is 9.59 Å². The fourth-order valence-corrected chi connectivity index (χ4v) is 3.64. The average molecular weight is 340 g/mol. The van der Waals surface area contributed by atoms with E-state index in [1.165, 1.54) is 12.5 Å². The molecule has 2 fully saturated rings. The molecule has 2 aliphatic heterocycles. The third-order valence-electron chi connectivity index (χ3n) is 5.03. The summed E-state index contributed by atoms with van der Waals surface area (Å²) in [7, 11) is 0. The fourth-order valence-electron chi connectivity index (χ4n) is 3.64. The van der Waals surface area contributed by atoms with E-state index in [-0.39, 0.29) is 24.0 Å². The second-order valence-electron chi connectivity index (χ2n) is 6.57. The van der Waals surface area contributed by atoms with Gasteiger partial charge in [0.2, 0.25) is 0 Å². The molecule has 2 amide bonds. The minimum Gasteiger partial charge on any atom is -0.472 e. The Labute approximate surface area is 146 Å². The van der Waals surface area contributed by atoms with E-state index in [4.69, 9.17) is 9.15 Å². The van der Waals surface area contributed by atoms with Crippen LogP contribution >= 0.6 is 0 Å². The number of carbonyl (C=O) groups excluding carboxylic acids is 2. The van der Waals surface area contributed by atoms with Gasteiger partial charge >= 0.3 is 6.09 Å². The lowest BCUT2D eigenvalue weighted by Gasteiger charge is -2.46. The van der Waals surface area contributed by atoms with Gasteiger partial charge in [-0.2, -0.15) is 0 Å². The van der Waals surface area contributed by atoms with Gasteiger partial charge in [0.15, 0.2) is 0 Å². The second kappa shape index (κ2) is 6.63. The van der Waals surface area contributed by atoms with Crippen molar-refractivity contribution in [1.29, 1.82) is 0 Å². The molecule has 3 heterocycles. The number of nitrogens with zero attached hydrogens (tertiary/aromatic N) is 2. The number of ether oxygens (including phenoxy) is 1. The molecule has 1 aromatic heterocycles. The number of fused-ring (bicyclic) bond motifs is 1. The summed E-state index contributed by atoms with van der Waals surface area (Å²) in [5.41, 5.74) is 1.60. The largest absolute Gasteiger partial charge is 0.472 e. The highest BCUT2D eigenvalue weighted by atomic mass is 16.6. The van der Waals surface area contributed by atoms with Crippen LogP contribution in [0.5, 0.6) is 0 Å². The molecule has 6 nitrogen and oxygen atoms in total. The van der Waals surface area contributed by atoms with Crippen LogP contribution in [0.1, 0.15) is 22.3 Å². The summed E-state index contributed by atoms with van der Waals surface area (Å²) in [5, 5.41) is 0. The van der Waals surface area contributed by atoms with Gasteiger partial charge in [-0.25, -0.2) is 4.79 Å². The monoisotopic (exact) mass is 340 g/mol. The average Bonchev–Trinajstić information content (AvgIpc) is 3.19. The van der Waals surface area contributed by atoms with Gasteiger partial charge in [0.05, 0.1) is 24.5 Å². The molecule has 6 heteroatoms. The molecular weight excluding hydrogens is 320 g/mol. The lowest BCUT2D eigenvalue weighted by molar-refractivity contribution is -0.0275. The zero-order valence-corrected chi connectivity index (χ0v) is 13.8. The number of hydrogen-bond acceptors (Lipinski definition) is 4. The van der Waals surface area contributed by atoms with Gasteiger partial charge in [-0.15, -0.1) is 0 Å². The molecule has 130 valence electrons. The molecule has 4 rings (SSSR count). The Morgan fingerprint density at radius 3 is 2.80 bits per heavy atom. The summed E-state index contributed by atoms with van der Waals surface area (Å²) in [6, 6.07) is 11.5. The van der Waals surface area contributed by atoms with E-state index in [2.05, 4.69) is 0 Å². The summed E-state index contributed by atoms with van der Waals surface area (Å²) in [6.45, 7) is 2.12. The number of likely N-dealkylation sites (tertiary alicyclic amines) is 1. The van der Waals surface area contributed by atoms with Gasteiger partial charge in [0, 0.05) is 25.6 Å². The first-order chi connectivity index (χ1) is 12.2. The Kier molecular flexibility index (Phi) is 4.17. The summed E-state index contributed by atoms with van der Waals surface area (Å²) in [4.78, 5) is 28.5. The summed E-state index contributed by atoms with van der Waals surface area (Å²) in [5.74, 6) is 0.209. The van der Waals surface area contributed by atoms with Crippen molar-refractivity contribution in [1.82, 2.24) is 9.80 Å². The van der Waals surface area contributed by atoms with Crippen molar-refractivity contribution in [2.24, 2.45) is 5.92 Å². The minimum absolute atomic E-state index is 0.0222. The number of amides is 2. The highest BCUT2D eigenvalue weighted by Crippen LogP contribution is 2.29. The Morgan fingerprint density at radius 2 is 2.04 bits per heavy atom. The molecule has 1 aromatic carbocycles. The molecule has 2 aliphatic rings. The van der Waals surface area contributed by atoms with Gasteiger partial charge < -0.3 is 14.1 Å². The Morgan fingerprint density at radius 1 is 1.20 bits per heavy atom. The third-order valence-corrected chi connectivity index (χ3v) is 5.03. The van der Waals surface area contributed by atoms with Crippen LogP contribution in [0, 0.1) is 5.92 Å². The predicted molar refractivity (Wildman–Crippen MR) is 89.8 cm³/mol. The number of hydrogen-bond donors (Lipinski definition) is 0. The van der Waals surface area contributed by atoms with Gasteiger partial charge in [-0.05, 0) is 18.1 Å². The van der Waals surface area contributed by atoms with E-state index < -0.39 is 0 Å². The van der Waals surface area contributed by atoms with Crippen molar-refractivity contribution in [2.45, 2.75) is 19.0 Å². The van der Waals surface area contributed by atoms with Crippen LogP contribution in [0.3, 0.4) is 0 Å². The number of benzene rings is 1. The molecule has 0 unspecified atom stereocenters. The number of furan rings is 1. The Bertz CT molecular complexity index is 744. The topological polar surface area (TPSA) is 63.0 Å². The first-order valence-electron chi connectivity index (χ1n) is 8.51. The molecule has 0 saturated carbocycles. The highest BCUT2D eigenvalue weighted by Gasteiger charge is 2.42. The first kappa shape index (κ1) is 15.7. The molecule has 25 heavy (non-hydrogen) atoms. The van der Waals surface area contributed by atoms with Crippen molar-refractivity contribution < 1.29 is 18.7 Å². The smallest absolute Gasteiger partial charge is 0.410 e. The summed E-state index contributed by atoms with van der Waals surface area (Å²) >= 11 is 0. The Balaban J connectivity index is 1.53. The maximum Gasteiger partial charge on any atom is 0.410 e. The fraction of sp³-hybridized carbons (Fsp3) is 0.368. The maximum atomic E-state index is 12.6. The molecular formula is C19H20N2O4. The summed E-state index contributed by atoms with van der Waals surface area (Å²) < 4.78 is 10.4. The van der Waals surface area contributed by atoms with E-state index in [0.29, 0.717) is 31.8 Å². The lowest BCUT2D eigenvalue weighted by atomic mass is 9.89. The zero-order valence-electron chi connectivity index (χ0n) is 13.8. The van der Waals surface area contributed by atoms with E-state index >= 15 is 0 Å². The van der Waals surface area contributed by atoms with Crippen LogP contribution in [0.25, 0.3) is 0 Å². The minimum atomic E-state index is -0.303. The molecule has 0 spiro atoms. The van der Waals surface area contributed by atoms with Crippen molar-refractivity contribution >= 4 is 12.0 Å². The molecule has 2 atom stereocenters. The van der Waals surface area contributed by atoms with E-state index in [0.717, 1.165) is 12.0 Å². The van der Waals surface area contributed by atoms with Crippen LogP contribution in [-0.2, 0) is 11.3 Å². The van der Waals surface area contributed by atoms with Gasteiger partial charge in [0.1, 0.15) is 6.26 Å². The Hall–Kier alpha value is -2.76. The number of rotatable bonds is 3. The second-order valence-corrected chi connectivity index (χ2v) is 6.57. The van der Waals surface area contributed by atoms with Crippen molar-refractivity contribution in [3.05, 3.63) is 60.1 Å². The predicted octanol–water partition coefficient (Wildman–Crippen LogP) is 2.76. The standard InChI is InChI=1S/C19H20N2O4/c22-18(16-7-9-24-12-16)20-8-6-15-13-25-19(23)21(17(15)11-20)10-14-4-2-1-3-5-14/h1-5,7,9,12,15,17H,6,8,10-11,13H2/t15-,17-/m1/s1. The molecule has 2 aromatic rings. The molecule has 0 N–H and O–H groups in total. The van der Waals surface area contributed by atoms with Crippen LogP contribution in [0.2, 0.25) is 0 Å². The number of piperidine rings is 1. The third kappa shape index (κ3) is 3.12. The van der Waals surface area contributed by atoms with Crippen LogP contribution < -0.4 is 0 Å². The molecule has 2 saturated heterocycles. The SMILES string of the molecule is O=C(c1ccoc1)N1CC[C@@H]2COC(=O)N(Cc3ccccc3)[C@@H]2C1. The number of cyclic esters (lactones) is 1. The maximum absolute atomic E-state index is 12.6. The quantitative estimate of drug-likeness (QED) is 0.862. The van der Waals surface area contributed by atoms with Crippen LogP contribution in [0.15, 0.2) is 53.3 Å². The number of carbonyl (C=O) groups is 2. The highest BCUT2D eigenvalue weighted by molar-refractivity contribution is 5.94. The normalized spacial score (nSPS) is 23.1. The van der Waals surface area contributed by atoms with Gasteiger partial charge in [0.25, 0.3) is 5.91 Å². The van der Waals surface area contributed by atoms with E-state index in [1.807, 2.05) is 35.2 Å². The zero-order chi connectivity index (χ0) is 17.2.